The maximum Gasteiger partial charge on any atom is 0.170 e. The van der Waals surface area contributed by atoms with Gasteiger partial charge in [0.2, 0.25) is 0 Å². The first kappa shape index (κ1) is 12.8. The van der Waals surface area contributed by atoms with Crippen molar-refractivity contribution in [2.75, 3.05) is 11.9 Å². The van der Waals surface area contributed by atoms with Crippen molar-refractivity contribution < 1.29 is 5.21 Å². The van der Waals surface area contributed by atoms with Crippen LogP contribution in [0.4, 0.5) is 5.69 Å². The van der Waals surface area contributed by atoms with Crippen molar-refractivity contribution in [3.8, 4) is 0 Å². The second kappa shape index (κ2) is 5.21. The molecule has 5 heteroatoms. The van der Waals surface area contributed by atoms with Crippen molar-refractivity contribution in [2.24, 2.45) is 10.9 Å². The standard InChI is InChI=1S/C11H16BrN3O/c1-7(2)15(3)10-5-4-8(6-9(10)12)11(13)14-16/h4-7,16H,1-3H3,(H2,13,14). The number of halogens is 1. The molecule has 3 N–H and O–H groups in total. The summed E-state index contributed by atoms with van der Waals surface area (Å²) < 4.78 is 0.924. The highest BCUT2D eigenvalue weighted by atomic mass is 79.9. The van der Waals surface area contributed by atoms with Gasteiger partial charge in [-0.3, -0.25) is 0 Å². The van der Waals surface area contributed by atoms with Crippen molar-refractivity contribution in [1.82, 2.24) is 0 Å². The van der Waals surface area contributed by atoms with Gasteiger partial charge in [0.05, 0.1) is 5.69 Å². The van der Waals surface area contributed by atoms with Crippen LogP contribution in [0, 0.1) is 0 Å². The number of amidine groups is 1. The molecule has 0 amide bonds. The number of rotatable bonds is 3. The van der Waals surface area contributed by atoms with E-state index in [1.54, 1.807) is 0 Å². The molecule has 0 radical (unpaired) electrons. The molecular formula is C11H16BrN3O. The molecule has 88 valence electrons. The fraction of sp³-hybridized carbons (Fsp3) is 0.364. The van der Waals surface area contributed by atoms with Crippen LogP contribution in [0.5, 0.6) is 0 Å². The van der Waals surface area contributed by atoms with E-state index in [1.807, 2.05) is 25.2 Å². The summed E-state index contributed by atoms with van der Waals surface area (Å²) in [5, 5.41) is 11.6. The highest BCUT2D eigenvalue weighted by molar-refractivity contribution is 9.10. The molecule has 0 saturated carbocycles. The minimum atomic E-state index is 0.111. The lowest BCUT2D eigenvalue weighted by Gasteiger charge is -2.25. The predicted molar refractivity (Wildman–Crippen MR) is 70.2 cm³/mol. The van der Waals surface area contributed by atoms with Crippen molar-refractivity contribution in [1.29, 1.82) is 0 Å². The summed E-state index contributed by atoms with van der Waals surface area (Å²) in [6.07, 6.45) is 0. The average molecular weight is 286 g/mol. The third-order valence-electron chi connectivity index (χ3n) is 2.51. The van der Waals surface area contributed by atoms with Crippen LogP contribution < -0.4 is 10.6 Å². The van der Waals surface area contributed by atoms with Gasteiger partial charge >= 0.3 is 0 Å². The van der Waals surface area contributed by atoms with Crippen LogP contribution in [0.2, 0.25) is 0 Å². The van der Waals surface area contributed by atoms with Crippen LogP contribution in [0.3, 0.4) is 0 Å². The molecule has 16 heavy (non-hydrogen) atoms. The fourth-order valence-electron chi connectivity index (χ4n) is 1.29. The van der Waals surface area contributed by atoms with Crippen LogP contribution in [-0.4, -0.2) is 24.1 Å². The maximum atomic E-state index is 8.58. The zero-order valence-corrected chi connectivity index (χ0v) is 11.2. The van der Waals surface area contributed by atoms with Crippen LogP contribution in [0.25, 0.3) is 0 Å². The molecule has 0 aliphatic carbocycles. The monoisotopic (exact) mass is 285 g/mol. The lowest BCUT2D eigenvalue weighted by Crippen LogP contribution is -2.26. The molecular weight excluding hydrogens is 270 g/mol. The Kier molecular flexibility index (Phi) is 4.18. The second-order valence-electron chi connectivity index (χ2n) is 3.86. The zero-order chi connectivity index (χ0) is 12.3. The van der Waals surface area contributed by atoms with Crippen molar-refractivity contribution in [3.05, 3.63) is 28.2 Å². The Labute approximate surface area is 104 Å². The number of anilines is 1. The summed E-state index contributed by atoms with van der Waals surface area (Å²) in [4.78, 5) is 2.14. The number of oxime groups is 1. The Hall–Kier alpha value is -1.23. The molecule has 1 rings (SSSR count). The number of nitrogens with two attached hydrogens (primary N) is 1. The first-order chi connectivity index (χ1) is 7.47. The molecule has 0 aliphatic rings. The average Bonchev–Trinajstić information content (AvgIpc) is 2.26. The Morgan fingerprint density at radius 3 is 2.56 bits per heavy atom. The topological polar surface area (TPSA) is 61.8 Å². The summed E-state index contributed by atoms with van der Waals surface area (Å²) in [6, 6.07) is 6.01. The van der Waals surface area contributed by atoms with Crippen LogP contribution >= 0.6 is 15.9 Å². The van der Waals surface area contributed by atoms with Crippen molar-refractivity contribution in [2.45, 2.75) is 19.9 Å². The molecule has 1 aromatic carbocycles. The number of hydrogen-bond acceptors (Lipinski definition) is 3. The molecule has 1 aromatic rings. The zero-order valence-electron chi connectivity index (χ0n) is 9.61. The van der Waals surface area contributed by atoms with Gasteiger partial charge in [-0.15, -0.1) is 0 Å². The van der Waals surface area contributed by atoms with E-state index < -0.39 is 0 Å². The summed E-state index contributed by atoms with van der Waals surface area (Å²) in [7, 11) is 2.02. The molecule has 0 atom stereocenters. The van der Waals surface area contributed by atoms with Gasteiger partial charge in [-0.2, -0.15) is 0 Å². The molecule has 0 fully saturated rings. The van der Waals surface area contributed by atoms with Crippen LogP contribution in [0.1, 0.15) is 19.4 Å². The molecule has 0 heterocycles. The molecule has 0 aromatic heterocycles. The Bertz CT molecular complexity index is 404. The highest BCUT2D eigenvalue weighted by Gasteiger charge is 2.10. The molecule has 0 unspecified atom stereocenters. The van der Waals surface area contributed by atoms with E-state index in [1.165, 1.54) is 0 Å². The van der Waals surface area contributed by atoms with Gasteiger partial charge in [0, 0.05) is 23.1 Å². The Balaban J connectivity index is 3.10. The summed E-state index contributed by atoms with van der Waals surface area (Å²) in [5.74, 6) is 0.111. The van der Waals surface area contributed by atoms with E-state index in [0.29, 0.717) is 11.6 Å². The first-order valence-corrected chi connectivity index (χ1v) is 5.77. The minimum Gasteiger partial charge on any atom is -0.409 e. The van der Waals surface area contributed by atoms with Crippen molar-refractivity contribution >= 4 is 27.5 Å². The third kappa shape index (κ3) is 2.66. The van der Waals surface area contributed by atoms with Gasteiger partial charge in [0.25, 0.3) is 0 Å². The molecule has 4 nitrogen and oxygen atoms in total. The van der Waals surface area contributed by atoms with Crippen molar-refractivity contribution in [3.63, 3.8) is 0 Å². The summed E-state index contributed by atoms with van der Waals surface area (Å²) in [6.45, 7) is 4.23. The van der Waals surface area contributed by atoms with Gasteiger partial charge in [-0.05, 0) is 48.0 Å². The van der Waals surface area contributed by atoms with Crippen LogP contribution in [0.15, 0.2) is 27.8 Å². The van der Waals surface area contributed by atoms with E-state index in [-0.39, 0.29) is 5.84 Å². The minimum absolute atomic E-state index is 0.111. The largest absolute Gasteiger partial charge is 0.409 e. The van der Waals surface area contributed by atoms with Gasteiger partial charge in [0.1, 0.15) is 0 Å². The van der Waals surface area contributed by atoms with E-state index in [4.69, 9.17) is 10.9 Å². The molecule has 0 spiro atoms. The smallest absolute Gasteiger partial charge is 0.170 e. The van der Waals surface area contributed by atoms with E-state index in [0.717, 1.165) is 10.2 Å². The fourth-order valence-corrected chi connectivity index (χ4v) is 1.95. The van der Waals surface area contributed by atoms with E-state index >= 15 is 0 Å². The Morgan fingerprint density at radius 2 is 2.12 bits per heavy atom. The van der Waals surface area contributed by atoms with Gasteiger partial charge < -0.3 is 15.8 Å². The molecule has 0 saturated heterocycles. The van der Waals surface area contributed by atoms with Gasteiger partial charge in [-0.25, -0.2) is 0 Å². The molecule has 0 aliphatic heterocycles. The second-order valence-corrected chi connectivity index (χ2v) is 4.71. The molecule has 0 bridgehead atoms. The number of nitrogens with zero attached hydrogens (tertiary/aromatic N) is 2. The summed E-state index contributed by atoms with van der Waals surface area (Å²) in [5.41, 5.74) is 7.28. The lowest BCUT2D eigenvalue weighted by molar-refractivity contribution is 0.318. The van der Waals surface area contributed by atoms with Gasteiger partial charge in [0.15, 0.2) is 5.84 Å². The lowest BCUT2D eigenvalue weighted by atomic mass is 10.1. The SMILES string of the molecule is CC(C)N(C)c1ccc(/C(N)=N/O)cc1Br. The quantitative estimate of drug-likeness (QED) is 0.388. The van der Waals surface area contributed by atoms with Crippen LogP contribution in [-0.2, 0) is 0 Å². The number of hydrogen-bond donors (Lipinski definition) is 2. The van der Waals surface area contributed by atoms with E-state index in [2.05, 4.69) is 39.8 Å². The summed E-state index contributed by atoms with van der Waals surface area (Å²) >= 11 is 3.48. The first-order valence-electron chi connectivity index (χ1n) is 4.97. The van der Waals surface area contributed by atoms with E-state index in [9.17, 15) is 0 Å². The highest BCUT2D eigenvalue weighted by Crippen LogP contribution is 2.27. The van der Waals surface area contributed by atoms with Gasteiger partial charge in [-0.1, -0.05) is 5.16 Å². The third-order valence-corrected chi connectivity index (χ3v) is 3.14. The maximum absolute atomic E-state index is 8.58. The normalized spacial score (nSPS) is 11.9. The Morgan fingerprint density at radius 1 is 1.50 bits per heavy atom. The predicted octanol–water partition coefficient (Wildman–Crippen LogP) is 2.39. The number of benzene rings is 1.